The van der Waals surface area contributed by atoms with Crippen LogP contribution >= 0.6 is 11.3 Å². The summed E-state index contributed by atoms with van der Waals surface area (Å²) < 4.78 is 0. The Hall–Kier alpha value is -1.20. The van der Waals surface area contributed by atoms with Crippen molar-refractivity contribution in [2.45, 2.75) is 0 Å². The van der Waals surface area contributed by atoms with Crippen molar-refractivity contribution in [3.8, 4) is 0 Å². The third-order valence-electron chi connectivity index (χ3n) is 1.16. The zero-order valence-electron chi connectivity index (χ0n) is 6.37. The molecule has 0 bridgehead atoms. The van der Waals surface area contributed by atoms with Gasteiger partial charge in [-0.05, 0) is 12.1 Å². The Morgan fingerprint density at radius 2 is 2.42 bits per heavy atom. The van der Waals surface area contributed by atoms with Gasteiger partial charge in [-0.25, -0.2) is 5.48 Å². The summed E-state index contributed by atoms with van der Waals surface area (Å²) in [7, 11) is 1.35. The lowest BCUT2D eigenvalue weighted by molar-refractivity contribution is 0.0542. The lowest BCUT2D eigenvalue weighted by atomic mass is 10.4. The van der Waals surface area contributed by atoms with Crippen LogP contribution in [0, 0.1) is 0 Å². The smallest absolute Gasteiger partial charge is 0.284 e. The van der Waals surface area contributed by atoms with E-state index >= 15 is 0 Å². The molecule has 5 heteroatoms. The molecule has 1 heterocycles. The van der Waals surface area contributed by atoms with Gasteiger partial charge in [-0.15, -0.1) is 11.3 Å². The van der Waals surface area contributed by atoms with Crippen LogP contribution in [0.4, 0.5) is 0 Å². The van der Waals surface area contributed by atoms with Gasteiger partial charge >= 0.3 is 0 Å². The first-order chi connectivity index (χ1) is 5.77. The van der Waals surface area contributed by atoms with E-state index in [0.29, 0.717) is 16.0 Å². The van der Waals surface area contributed by atoms with E-state index in [0.717, 1.165) is 11.3 Å². The van der Waals surface area contributed by atoms with Crippen molar-refractivity contribution < 1.29 is 14.4 Å². The van der Waals surface area contributed by atoms with Crippen molar-refractivity contribution in [1.29, 1.82) is 0 Å². The number of hydroxylamine groups is 1. The predicted octanol–water partition coefficient (Wildman–Crippen LogP) is 0.852. The summed E-state index contributed by atoms with van der Waals surface area (Å²) in [5.41, 5.74) is 2.15. The number of hydrogen-bond acceptors (Lipinski definition) is 4. The summed E-state index contributed by atoms with van der Waals surface area (Å²) >= 11 is 1.12. The second-order valence-electron chi connectivity index (χ2n) is 1.96. The van der Waals surface area contributed by atoms with Crippen LogP contribution in [-0.2, 0) is 4.84 Å². The Kier molecular flexibility index (Phi) is 2.95. The van der Waals surface area contributed by atoms with Crippen LogP contribution in [0.1, 0.15) is 19.3 Å². The number of carbonyl (C=O) groups excluding carboxylic acids is 2. The van der Waals surface area contributed by atoms with E-state index in [1.165, 1.54) is 7.11 Å². The average molecular weight is 185 g/mol. The van der Waals surface area contributed by atoms with E-state index in [4.69, 9.17) is 0 Å². The molecule has 1 aromatic rings. The third-order valence-corrected chi connectivity index (χ3v) is 2.17. The van der Waals surface area contributed by atoms with E-state index in [9.17, 15) is 9.59 Å². The summed E-state index contributed by atoms with van der Waals surface area (Å²) in [4.78, 5) is 26.7. The highest BCUT2D eigenvalue weighted by atomic mass is 32.1. The summed E-state index contributed by atoms with van der Waals surface area (Å²) in [6, 6.07) is 3.16. The van der Waals surface area contributed by atoms with Gasteiger partial charge in [0.25, 0.3) is 5.91 Å². The van der Waals surface area contributed by atoms with Crippen LogP contribution < -0.4 is 5.48 Å². The maximum absolute atomic E-state index is 11.0. The van der Waals surface area contributed by atoms with Crippen LogP contribution in [0.3, 0.4) is 0 Å². The van der Waals surface area contributed by atoms with Gasteiger partial charge in [-0.2, -0.15) is 0 Å². The SMILES string of the molecule is CONC(=O)c1ccc(C=O)s1. The van der Waals surface area contributed by atoms with Gasteiger partial charge in [0.1, 0.15) is 0 Å². The zero-order chi connectivity index (χ0) is 8.97. The number of nitrogens with one attached hydrogen (secondary N) is 1. The number of amides is 1. The topological polar surface area (TPSA) is 55.4 Å². The second kappa shape index (κ2) is 3.99. The molecule has 1 amide bonds. The Labute approximate surface area is 73.1 Å². The van der Waals surface area contributed by atoms with Crippen molar-refractivity contribution in [3.63, 3.8) is 0 Å². The predicted molar refractivity (Wildman–Crippen MR) is 44.2 cm³/mol. The van der Waals surface area contributed by atoms with Crippen molar-refractivity contribution in [2.24, 2.45) is 0 Å². The van der Waals surface area contributed by atoms with Crippen LogP contribution in [0.5, 0.6) is 0 Å². The third kappa shape index (κ3) is 1.90. The molecule has 0 aliphatic heterocycles. The molecule has 12 heavy (non-hydrogen) atoms. The summed E-state index contributed by atoms with van der Waals surface area (Å²) in [5, 5.41) is 0. The highest BCUT2D eigenvalue weighted by molar-refractivity contribution is 7.15. The first-order valence-electron chi connectivity index (χ1n) is 3.16. The molecule has 0 aromatic carbocycles. The van der Waals surface area contributed by atoms with Crippen LogP contribution in [0.2, 0.25) is 0 Å². The van der Waals surface area contributed by atoms with Crippen LogP contribution in [-0.4, -0.2) is 19.3 Å². The fourth-order valence-electron chi connectivity index (χ4n) is 0.681. The molecular weight excluding hydrogens is 178 g/mol. The molecule has 0 spiro atoms. The fourth-order valence-corrected chi connectivity index (χ4v) is 1.39. The number of carbonyl (C=O) groups is 2. The largest absolute Gasteiger partial charge is 0.297 e. The summed E-state index contributed by atoms with van der Waals surface area (Å²) in [6.07, 6.45) is 0.703. The molecule has 0 fully saturated rings. The first kappa shape index (κ1) is 8.89. The summed E-state index contributed by atoms with van der Waals surface area (Å²) in [6.45, 7) is 0. The van der Waals surface area contributed by atoms with Crippen LogP contribution in [0.15, 0.2) is 12.1 Å². The van der Waals surface area contributed by atoms with Crippen molar-refractivity contribution in [1.82, 2.24) is 5.48 Å². The normalized spacial score (nSPS) is 9.42. The van der Waals surface area contributed by atoms with Crippen LogP contribution in [0.25, 0.3) is 0 Å². The molecule has 0 atom stereocenters. The van der Waals surface area contributed by atoms with Crippen molar-refractivity contribution in [2.75, 3.05) is 7.11 Å². The molecule has 0 saturated carbocycles. The maximum Gasteiger partial charge on any atom is 0.284 e. The van der Waals surface area contributed by atoms with Gasteiger partial charge in [0.05, 0.1) is 16.9 Å². The molecule has 1 N–H and O–H groups in total. The number of rotatable bonds is 3. The molecule has 0 saturated heterocycles. The van der Waals surface area contributed by atoms with Gasteiger partial charge in [0.15, 0.2) is 6.29 Å². The molecule has 4 nitrogen and oxygen atoms in total. The van der Waals surface area contributed by atoms with E-state index in [1.807, 2.05) is 0 Å². The lowest BCUT2D eigenvalue weighted by Gasteiger charge is -1.96. The first-order valence-corrected chi connectivity index (χ1v) is 3.98. The van der Waals surface area contributed by atoms with Gasteiger partial charge in [-0.3, -0.25) is 14.4 Å². The Morgan fingerprint density at radius 1 is 1.67 bits per heavy atom. The minimum absolute atomic E-state index is 0.337. The average Bonchev–Trinajstić information content (AvgIpc) is 2.52. The minimum Gasteiger partial charge on any atom is -0.297 e. The van der Waals surface area contributed by atoms with E-state index in [-0.39, 0.29) is 5.91 Å². The van der Waals surface area contributed by atoms with Crippen molar-refractivity contribution in [3.05, 3.63) is 21.9 Å². The minimum atomic E-state index is -0.337. The van der Waals surface area contributed by atoms with E-state index < -0.39 is 0 Å². The molecule has 1 aromatic heterocycles. The Bertz CT molecular complexity index is 295. The van der Waals surface area contributed by atoms with Gasteiger partial charge in [0, 0.05) is 0 Å². The molecular formula is C7H7NO3S. The summed E-state index contributed by atoms with van der Waals surface area (Å²) in [5.74, 6) is -0.337. The number of aldehydes is 1. The van der Waals surface area contributed by atoms with Crippen molar-refractivity contribution >= 4 is 23.5 Å². The standard InChI is InChI=1S/C7H7NO3S/c1-11-8-7(10)6-3-2-5(4-9)12-6/h2-4H,1H3,(H,8,10). The van der Waals surface area contributed by atoms with Gasteiger partial charge in [0.2, 0.25) is 0 Å². The second-order valence-corrected chi connectivity index (χ2v) is 3.07. The highest BCUT2D eigenvalue weighted by Crippen LogP contribution is 2.13. The molecule has 64 valence electrons. The lowest BCUT2D eigenvalue weighted by Crippen LogP contribution is -2.20. The zero-order valence-corrected chi connectivity index (χ0v) is 7.18. The molecule has 0 unspecified atom stereocenters. The Morgan fingerprint density at radius 3 is 2.92 bits per heavy atom. The number of thiophene rings is 1. The molecule has 0 aliphatic carbocycles. The van der Waals surface area contributed by atoms with E-state index in [1.54, 1.807) is 12.1 Å². The number of hydrogen-bond donors (Lipinski definition) is 1. The highest BCUT2D eigenvalue weighted by Gasteiger charge is 2.07. The molecule has 0 radical (unpaired) electrons. The maximum atomic E-state index is 11.0. The molecule has 1 rings (SSSR count). The fraction of sp³-hybridized carbons (Fsp3) is 0.143. The quantitative estimate of drug-likeness (QED) is 0.561. The van der Waals surface area contributed by atoms with Gasteiger partial charge < -0.3 is 0 Å². The molecule has 0 aliphatic rings. The monoisotopic (exact) mass is 185 g/mol. The van der Waals surface area contributed by atoms with Gasteiger partial charge in [-0.1, -0.05) is 0 Å². The van der Waals surface area contributed by atoms with E-state index in [2.05, 4.69) is 10.3 Å². The Balaban J connectivity index is 2.74.